The van der Waals surface area contributed by atoms with Crippen molar-refractivity contribution in [3.63, 3.8) is 0 Å². The molecule has 1 rings (SSSR count). The lowest BCUT2D eigenvalue weighted by molar-refractivity contribution is 0.146. The zero-order chi connectivity index (χ0) is 15.0. The fourth-order valence-electron chi connectivity index (χ4n) is 1.23. The number of hydrazone groups is 1. The normalized spacial score (nSPS) is 10.8. The predicted molar refractivity (Wildman–Crippen MR) is 72.4 cm³/mol. The first-order valence-electron chi connectivity index (χ1n) is 5.58. The number of hydrogen-bond donors (Lipinski definition) is 3. The van der Waals surface area contributed by atoms with Gasteiger partial charge in [-0.3, -0.25) is 10.8 Å². The lowest BCUT2D eigenvalue weighted by Crippen LogP contribution is -2.22. The molecule has 0 saturated carbocycles. The maximum Gasteiger partial charge on any atom is 0.201 e. The van der Waals surface area contributed by atoms with Crippen LogP contribution < -0.4 is 15.9 Å². The molecular formula is C12H14FN5O2. The number of anilines is 1. The second kappa shape index (κ2) is 7.70. The molecule has 0 heterocycles. The van der Waals surface area contributed by atoms with Crippen LogP contribution >= 0.6 is 0 Å². The number of amidine groups is 1. The van der Waals surface area contributed by atoms with Crippen molar-refractivity contribution < 1.29 is 13.9 Å². The van der Waals surface area contributed by atoms with Crippen molar-refractivity contribution in [2.24, 2.45) is 10.8 Å². The van der Waals surface area contributed by atoms with Gasteiger partial charge in [-0.2, -0.15) is 10.4 Å². The number of rotatable bonds is 7. The standard InChI is InChI=1S/C12H14FN5O2/c1-19-5-6-20-10-4-2-3-8(13)11(10)18-17-9(7-14)12(15)16/h2-4,18H,5-6H2,1H3,(H3,15,16)/b17-9+. The number of ether oxygens (including phenoxy) is 2. The van der Waals surface area contributed by atoms with Crippen LogP contribution in [0.3, 0.4) is 0 Å². The Morgan fingerprint density at radius 1 is 1.55 bits per heavy atom. The summed E-state index contributed by atoms with van der Waals surface area (Å²) in [6.45, 7) is 0.576. The van der Waals surface area contributed by atoms with Gasteiger partial charge >= 0.3 is 0 Å². The molecule has 106 valence electrons. The number of halogens is 1. The molecule has 0 spiro atoms. The van der Waals surface area contributed by atoms with Crippen LogP contribution in [0.4, 0.5) is 10.1 Å². The minimum atomic E-state index is -0.607. The summed E-state index contributed by atoms with van der Waals surface area (Å²) >= 11 is 0. The maximum absolute atomic E-state index is 13.7. The molecule has 0 fully saturated rings. The van der Waals surface area contributed by atoms with Crippen molar-refractivity contribution in [2.75, 3.05) is 25.7 Å². The Morgan fingerprint density at radius 3 is 2.90 bits per heavy atom. The third-order valence-corrected chi connectivity index (χ3v) is 2.16. The molecule has 0 aliphatic carbocycles. The highest BCUT2D eigenvalue weighted by Gasteiger charge is 2.10. The van der Waals surface area contributed by atoms with Gasteiger partial charge in [0.25, 0.3) is 0 Å². The molecule has 0 unspecified atom stereocenters. The SMILES string of the molecule is COCCOc1cccc(F)c1N/N=C(\C#N)C(=N)N. The van der Waals surface area contributed by atoms with E-state index in [1.807, 2.05) is 0 Å². The summed E-state index contributed by atoms with van der Waals surface area (Å²) < 4.78 is 23.9. The van der Waals surface area contributed by atoms with Crippen molar-refractivity contribution in [1.82, 2.24) is 0 Å². The van der Waals surface area contributed by atoms with Crippen LogP contribution in [0.1, 0.15) is 0 Å². The van der Waals surface area contributed by atoms with Gasteiger partial charge in [0.15, 0.2) is 11.7 Å². The number of hydrogen-bond acceptors (Lipinski definition) is 6. The number of nitrogens with two attached hydrogens (primary N) is 1. The first-order valence-corrected chi connectivity index (χ1v) is 5.58. The largest absolute Gasteiger partial charge is 0.489 e. The molecule has 20 heavy (non-hydrogen) atoms. The smallest absolute Gasteiger partial charge is 0.201 e. The van der Waals surface area contributed by atoms with Crippen LogP contribution in [-0.4, -0.2) is 31.9 Å². The highest BCUT2D eigenvalue weighted by Crippen LogP contribution is 2.27. The van der Waals surface area contributed by atoms with Gasteiger partial charge in [-0.05, 0) is 12.1 Å². The fraction of sp³-hybridized carbons (Fsp3) is 0.250. The monoisotopic (exact) mass is 279 g/mol. The molecule has 1 aromatic rings. The number of methoxy groups -OCH3 is 1. The molecule has 7 nitrogen and oxygen atoms in total. The van der Waals surface area contributed by atoms with Crippen molar-refractivity contribution in [2.45, 2.75) is 0 Å². The Morgan fingerprint density at radius 2 is 2.30 bits per heavy atom. The van der Waals surface area contributed by atoms with E-state index in [0.29, 0.717) is 6.61 Å². The molecule has 0 atom stereocenters. The van der Waals surface area contributed by atoms with Crippen LogP contribution in [0.15, 0.2) is 23.3 Å². The highest BCUT2D eigenvalue weighted by molar-refractivity contribution is 6.45. The quantitative estimate of drug-likeness (QED) is 0.299. The number of benzene rings is 1. The van der Waals surface area contributed by atoms with Crippen molar-refractivity contribution >= 4 is 17.2 Å². The fourth-order valence-corrected chi connectivity index (χ4v) is 1.23. The van der Waals surface area contributed by atoms with Gasteiger partial charge in [0.1, 0.15) is 24.1 Å². The Balaban J connectivity index is 2.93. The Bertz CT molecular complexity index is 553. The van der Waals surface area contributed by atoms with E-state index in [1.165, 1.54) is 25.3 Å². The number of nitriles is 1. The van der Waals surface area contributed by atoms with E-state index in [4.69, 9.17) is 25.9 Å². The third-order valence-electron chi connectivity index (χ3n) is 2.16. The summed E-state index contributed by atoms with van der Waals surface area (Å²) in [5.74, 6) is -0.908. The maximum atomic E-state index is 13.7. The predicted octanol–water partition coefficient (Wildman–Crippen LogP) is 1.08. The van der Waals surface area contributed by atoms with Crippen LogP contribution in [0.25, 0.3) is 0 Å². The molecule has 8 heteroatoms. The van der Waals surface area contributed by atoms with E-state index in [1.54, 1.807) is 6.07 Å². The summed E-state index contributed by atoms with van der Waals surface area (Å²) in [6, 6.07) is 5.84. The van der Waals surface area contributed by atoms with Crippen molar-refractivity contribution in [1.29, 1.82) is 10.7 Å². The molecule has 1 aromatic carbocycles. The van der Waals surface area contributed by atoms with Gasteiger partial charge in [0.2, 0.25) is 5.71 Å². The van der Waals surface area contributed by atoms with Gasteiger partial charge in [0, 0.05) is 7.11 Å². The van der Waals surface area contributed by atoms with E-state index in [2.05, 4.69) is 10.5 Å². The van der Waals surface area contributed by atoms with Crippen LogP contribution in [0, 0.1) is 22.6 Å². The first-order chi connectivity index (χ1) is 9.60. The number of para-hydroxylation sites is 1. The molecule has 0 aromatic heterocycles. The Hall–Kier alpha value is -2.66. The average molecular weight is 279 g/mol. The molecule has 0 saturated heterocycles. The number of nitrogens with zero attached hydrogens (tertiary/aromatic N) is 2. The van der Waals surface area contributed by atoms with Gasteiger partial charge in [-0.15, -0.1) is 0 Å². The van der Waals surface area contributed by atoms with Gasteiger partial charge in [-0.25, -0.2) is 4.39 Å². The van der Waals surface area contributed by atoms with Gasteiger partial charge in [0.05, 0.1) is 6.61 Å². The van der Waals surface area contributed by atoms with E-state index in [0.717, 1.165) is 0 Å². The van der Waals surface area contributed by atoms with Crippen LogP contribution in [0.2, 0.25) is 0 Å². The lowest BCUT2D eigenvalue weighted by Gasteiger charge is -2.11. The minimum Gasteiger partial charge on any atom is -0.489 e. The molecular weight excluding hydrogens is 265 g/mol. The summed E-state index contributed by atoms with van der Waals surface area (Å²) in [5, 5.41) is 19.4. The summed E-state index contributed by atoms with van der Waals surface area (Å²) in [6.07, 6.45) is 0. The molecule has 0 aliphatic rings. The second-order valence-corrected chi connectivity index (χ2v) is 3.55. The summed E-state index contributed by atoms with van der Waals surface area (Å²) in [5.41, 5.74) is 7.08. The minimum absolute atomic E-state index is 0.0439. The van der Waals surface area contributed by atoms with Crippen LogP contribution in [0.5, 0.6) is 5.75 Å². The molecule has 0 aliphatic heterocycles. The molecule has 0 radical (unpaired) electrons. The summed E-state index contributed by atoms with van der Waals surface area (Å²) in [4.78, 5) is 0. The topological polar surface area (TPSA) is 117 Å². The van der Waals surface area contributed by atoms with Crippen molar-refractivity contribution in [3.8, 4) is 11.8 Å². The second-order valence-electron chi connectivity index (χ2n) is 3.55. The van der Waals surface area contributed by atoms with Gasteiger partial charge in [-0.1, -0.05) is 6.07 Å². The highest BCUT2D eigenvalue weighted by atomic mass is 19.1. The van der Waals surface area contributed by atoms with Gasteiger partial charge < -0.3 is 15.2 Å². The average Bonchev–Trinajstić information content (AvgIpc) is 2.41. The van der Waals surface area contributed by atoms with E-state index < -0.39 is 11.7 Å². The molecule has 0 amide bonds. The van der Waals surface area contributed by atoms with Crippen LogP contribution in [-0.2, 0) is 4.74 Å². The molecule has 0 bridgehead atoms. The lowest BCUT2D eigenvalue weighted by atomic mass is 10.3. The zero-order valence-electron chi connectivity index (χ0n) is 10.8. The van der Waals surface area contributed by atoms with Crippen molar-refractivity contribution in [3.05, 3.63) is 24.0 Å². The Labute approximate surface area is 115 Å². The summed E-state index contributed by atoms with van der Waals surface area (Å²) in [7, 11) is 1.52. The van der Waals surface area contributed by atoms with E-state index >= 15 is 0 Å². The number of nitrogens with one attached hydrogen (secondary N) is 2. The first kappa shape index (κ1) is 15.4. The van der Waals surface area contributed by atoms with E-state index in [9.17, 15) is 4.39 Å². The van der Waals surface area contributed by atoms with E-state index in [-0.39, 0.29) is 23.8 Å². The zero-order valence-corrected chi connectivity index (χ0v) is 10.8. The molecule has 4 N–H and O–H groups in total. The third kappa shape index (κ3) is 4.22. The Kier molecular flexibility index (Phi) is 5.93.